The fourth-order valence-corrected chi connectivity index (χ4v) is 1.47. The van der Waals surface area contributed by atoms with E-state index in [0.717, 1.165) is 0 Å². The summed E-state index contributed by atoms with van der Waals surface area (Å²) in [6, 6.07) is 2.41. The van der Waals surface area contributed by atoms with E-state index in [-0.39, 0.29) is 17.4 Å². The van der Waals surface area contributed by atoms with Crippen LogP contribution in [0, 0.1) is 0 Å². The number of carbonyl (C=O) groups is 2. The molecule has 1 aromatic heterocycles. The zero-order chi connectivity index (χ0) is 15.3. The van der Waals surface area contributed by atoms with Crippen LogP contribution in [0.15, 0.2) is 18.3 Å². The Bertz CT molecular complexity index is 496. The summed E-state index contributed by atoms with van der Waals surface area (Å²) in [5, 5.41) is 5.42. The summed E-state index contributed by atoms with van der Waals surface area (Å²) in [6.45, 7) is 7.26. The highest BCUT2D eigenvalue weighted by atomic mass is 16.2. The molecule has 20 heavy (non-hydrogen) atoms. The van der Waals surface area contributed by atoms with Gasteiger partial charge in [-0.1, -0.05) is 0 Å². The highest BCUT2D eigenvalue weighted by molar-refractivity contribution is 5.97. The molecule has 0 spiro atoms. The van der Waals surface area contributed by atoms with Crippen LogP contribution in [0.25, 0.3) is 0 Å². The molecule has 0 fully saturated rings. The number of amides is 2. The first-order valence-corrected chi connectivity index (χ1v) is 6.28. The minimum atomic E-state index is -0.635. The van der Waals surface area contributed by atoms with Crippen molar-refractivity contribution in [3.63, 3.8) is 0 Å². The Hall–Kier alpha value is -2.15. The number of hydrogen-bond donors (Lipinski definition) is 4. The van der Waals surface area contributed by atoms with E-state index in [1.165, 1.54) is 12.3 Å². The van der Waals surface area contributed by atoms with Crippen LogP contribution in [0.2, 0.25) is 0 Å². The summed E-state index contributed by atoms with van der Waals surface area (Å²) in [6.07, 6.45) is 1.46. The fourth-order valence-electron chi connectivity index (χ4n) is 1.47. The van der Waals surface area contributed by atoms with Gasteiger partial charge >= 0.3 is 0 Å². The van der Waals surface area contributed by atoms with Gasteiger partial charge in [0.05, 0.1) is 0 Å². The van der Waals surface area contributed by atoms with Crippen LogP contribution < -0.4 is 21.9 Å². The molecule has 1 unspecified atom stereocenters. The van der Waals surface area contributed by atoms with Gasteiger partial charge < -0.3 is 16.1 Å². The predicted molar refractivity (Wildman–Crippen MR) is 76.9 cm³/mol. The van der Waals surface area contributed by atoms with Crippen LogP contribution in [-0.2, 0) is 4.79 Å². The number of aromatic nitrogens is 1. The summed E-state index contributed by atoms with van der Waals surface area (Å²) in [7, 11) is 0. The second-order valence-electron chi connectivity index (χ2n) is 5.51. The van der Waals surface area contributed by atoms with E-state index in [2.05, 4.69) is 21.0 Å². The van der Waals surface area contributed by atoms with Crippen LogP contribution in [0.1, 0.15) is 38.1 Å². The van der Waals surface area contributed by atoms with Crippen molar-refractivity contribution < 1.29 is 9.59 Å². The van der Waals surface area contributed by atoms with Crippen LogP contribution in [0.3, 0.4) is 0 Å². The van der Waals surface area contributed by atoms with Crippen molar-refractivity contribution in [2.75, 3.05) is 5.43 Å². The number of pyridine rings is 1. The zero-order valence-electron chi connectivity index (χ0n) is 12.2. The molecular weight excluding hydrogens is 258 g/mol. The molecule has 0 bridgehead atoms. The van der Waals surface area contributed by atoms with E-state index in [4.69, 9.17) is 5.84 Å². The first-order chi connectivity index (χ1) is 9.23. The third-order valence-electron chi connectivity index (χ3n) is 2.41. The number of nitrogens with zero attached hydrogens (tertiary/aromatic N) is 1. The van der Waals surface area contributed by atoms with Crippen molar-refractivity contribution in [3.05, 3.63) is 23.9 Å². The SMILES string of the molecule is CC(NC(=O)c1ccnc(NN)c1)C(=O)NC(C)(C)C. The molecular formula is C13H21N5O2. The van der Waals surface area contributed by atoms with Gasteiger partial charge in [0.25, 0.3) is 5.91 Å². The Morgan fingerprint density at radius 3 is 2.55 bits per heavy atom. The summed E-state index contributed by atoms with van der Waals surface area (Å²) < 4.78 is 0. The standard InChI is InChI=1S/C13H21N5O2/c1-8(11(19)17-13(2,3)4)16-12(20)9-5-6-15-10(7-9)18-14/h5-8H,14H2,1-4H3,(H,15,18)(H,16,20)(H,17,19). The lowest BCUT2D eigenvalue weighted by atomic mass is 10.1. The van der Waals surface area contributed by atoms with E-state index < -0.39 is 6.04 Å². The van der Waals surface area contributed by atoms with Crippen molar-refractivity contribution >= 4 is 17.6 Å². The van der Waals surface area contributed by atoms with Crippen LogP contribution >= 0.6 is 0 Å². The first kappa shape index (κ1) is 15.9. The summed E-state index contributed by atoms with van der Waals surface area (Å²) in [5.41, 5.74) is 2.39. The summed E-state index contributed by atoms with van der Waals surface area (Å²) in [4.78, 5) is 27.8. The monoisotopic (exact) mass is 279 g/mol. The second-order valence-corrected chi connectivity index (χ2v) is 5.51. The number of nitrogens with one attached hydrogen (secondary N) is 3. The van der Waals surface area contributed by atoms with Gasteiger partial charge in [0.15, 0.2) is 0 Å². The quantitative estimate of drug-likeness (QED) is 0.471. The molecule has 1 rings (SSSR count). The Morgan fingerprint density at radius 2 is 2.00 bits per heavy atom. The van der Waals surface area contributed by atoms with Crippen LogP contribution in [0.5, 0.6) is 0 Å². The average Bonchev–Trinajstić information content (AvgIpc) is 2.36. The lowest BCUT2D eigenvalue weighted by Crippen LogP contribution is -2.50. The van der Waals surface area contributed by atoms with Crippen LogP contribution in [0.4, 0.5) is 5.82 Å². The van der Waals surface area contributed by atoms with Gasteiger partial charge in [-0.15, -0.1) is 0 Å². The van der Waals surface area contributed by atoms with Gasteiger partial charge in [0.2, 0.25) is 5.91 Å². The minimum absolute atomic E-state index is 0.239. The molecule has 0 aliphatic heterocycles. The van der Waals surface area contributed by atoms with Crippen molar-refractivity contribution in [1.82, 2.24) is 15.6 Å². The molecule has 2 amide bonds. The maximum atomic E-state index is 12.0. The molecule has 0 radical (unpaired) electrons. The van der Waals surface area contributed by atoms with Crippen molar-refractivity contribution in [3.8, 4) is 0 Å². The van der Waals surface area contributed by atoms with Crippen molar-refractivity contribution in [2.24, 2.45) is 5.84 Å². The summed E-state index contributed by atoms with van der Waals surface area (Å²) in [5.74, 6) is 5.01. The molecule has 0 aliphatic rings. The molecule has 1 heterocycles. The average molecular weight is 279 g/mol. The number of carbonyl (C=O) groups excluding carboxylic acids is 2. The zero-order valence-corrected chi connectivity index (χ0v) is 12.2. The number of hydrogen-bond acceptors (Lipinski definition) is 5. The second kappa shape index (κ2) is 6.33. The smallest absolute Gasteiger partial charge is 0.252 e. The number of nitrogen functional groups attached to an aromatic ring is 1. The Labute approximate surface area is 118 Å². The van der Waals surface area contributed by atoms with Gasteiger partial charge in [-0.3, -0.25) is 9.59 Å². The van der Waals surface area contributed by atoms with E-state index in [1.807, 2.05) is 20.8 Å². The van der Waals surface area contributed by atoms with Gasteiger partial charge in [-0.25, -0.2) is 10.8 Å². The molecule has 1 aromatic rings. The van der Waals surface area contributed by atoms with Crippen molar-refractivity contribution in [1.29, 1.82) is 0 Å². The predicted octanol–water partition coefficient (Wildman–Crippen LogP) is 0.400. The number of nitrogens with two attached hydrogens (primary N) is 1. The Balaban J connectivity index is 2.67. The maximum Gasteiger partial charge on any atom is 0.252 e. The van der Waals surface area contributed by atoms with E-state index in [0.29, 0.717) is 11.4 Å². The van der Waals surface area contributed by atoms with Gasteiger partial charge in [-0.2, -0.15) is 0 Å². The molecule has 0 aliphatic carbocycles. The largest absolute Gasteiger partial charge is 0.350 e. The first-order valence-electron chi connectivity index (χ1n) is 6.28. The molecule has 110 valence electrons. The molecule has 7 heteroatoms. The Kier molecular flexibility index (Phi) is 5.04. The molecule has 5 N–H and O–H groups in total. The topological polar surface area (TPSA) is 109 Å². The lowest BCUT2D eigenvalue weighted by Gasteiger charge is -2.23. The van der Waals surface area contributed by atoms with Crippen molar-refractivity contribution in [2.45, 2.75) is 39.3 Å². The summed E-state index contributed by atoms with van der Waals surface area (Å²) >= 11 is 0. The third kappa shape index (κ3) is 4.85. The van der Waals surface area contributed by atoms with Gasteiger partial charge in [0, 0.05) is 17.3 Å². The van der Waals surface area contributed by atoms with Crippen LogP contribution in [-0.4, -0.2) is 28.4 Å². The highest BCUT2D eigenvalue weighted by Crippen LogP contribution is 2.06. The third-order valence-corrected chi connectivity index (χ3v) is 2.41. The van der Waals surface area contributed by atoms with E-state index in [1.54, 1.807) is 13.0 Å². The lowest BCUT2D eigenvalue weighted by molar-refractivity contribution is -0.124. The van der Waals surface area contributed by atoms with Gasteiger partial charge in [-0.05, 0) is 39.8 Å². The number of anilines is 1. The molecule has 0 saturated carbocycles. The Morgan fingerprint density at radius 1 is 1.35 bits per heavy atom. The molecule has 0 saturated heterocycles. The minimum Gasteiger partial charge on any atom is -0.350 e. The van der Waals surface area contributed by atoms with E-state index in [9.17, 15) is 9.59 Å². The number of hydrazine groups is 1. The normalized spacial score (nSPS) is 12.4. The highest BCUT2D eigenvalue weighted by Gasteiger charge is 2.21. The molecule has 1 atom stereocenters. The fraction of sp³-hybridized carbons (Fsp3) is 0.462. The molecule has 0 aromatic carbocycles. The molecule has 7 nitrogen and oxygen atoms in total. The maximum absolute atomic E-state index is 12.0. The number of rotatable bonds is 4. The van der Waals surface area contributed by atoms with E-state index >= 15 is 0 Å². The van der Waals surface area contributed by atoms with Gasteiger partial charge in [0.1, 0.15) is 11.9 Å².